The zero-order valence-corrected chi connectivity index (χ0v) is 15.9. The van der Waals surface area contributed by atoms with Gasteiger partial charge in [0, 0.05) is 24.5 Å². The van der Waals surface area contributed by atoms with Crippen LogP contribution in [0.3, 0.4) is 0 Å². The van der Waals surface area contributed by atoms with Gasteiger partial charge < -0.3 is 21.1 Å². The second-order valence-corrected chi connectivity index (χ2v) is 7.20. The zero-order valence-electron chi connectivity index (χ0n) is 15.2. The minimum absolute atomic E-state index is 0.0123. The molecular weight excluding hydrogens is 354 g/mol. The molecule has 1 fully saturated rings. The van der Waals surface area contributed by atoms with Crippen LogP contribution in [0.15, 0.2) is 24.3 Å². The summed E-state index contributed by atoms with van der Waals surface area (Å²) in [6.45, 7) is 3.97. The molecule has 7 heteroatoms. The first-order valence-corrected chi connectivity index (χ1v) is 9.60. The van der Waals surface area contributed by atoms with Gasteiger partial charge in [-0.25, -0.2) is 4.79 Å². The first kappa shape index (κ1) is 20.5. The molecule has 1 aromatic carbocycles. The Morgan fingerprint density at radius 1 is 1.42 bits per heavy atom. The maximum absolute atomic E-state index is 12.4. The van der Waals surface area contributed by atoms with Crippen LogP contribution >= 0.6 is 11.6 Å². The largest absolute Gasteiger partial charge is 0.465 e. The summed E-state index contributed by atoms with van der Waals surface area (Å²) in [6.07, 6.45) is 2.68. The Morgan fingerprint density at radius 3 is 2.85 bits per heavy atom. The highest BCUT2D eigenvalue weighted by atomic mass is 35.5. The lowest BCUT2D eigenvalue weighted by atomic mass is 9.71. The smallest absolute Gasteiger partial charge is 0.404 e. The molecular formula is C19H28ClN3O3. The van der Waals surface area contributed by atoms with Gasteiger partial charge in [-0.2, -0.15) is 0 Å². The number of hydrogen-bond acceptors (Lipinski definition) is 3. The second kappa shape index (κ2) is 9.78. The van der Waals surface area contributed by atoms with Gasteiger partial charge in [0.15, 0.2) is 0 Å². The summed E-state index contributed by atoms with van der Waals surface area (Å²) in [4.78, 5) is 23.2. The van der Waals surface area contributed by atoms with Crippen molar-refractivity contribution in [2.45, 2.75) is 44.6 Å². The number of nitrogens with one attached hydrogen (secondary N) is 3. The first-order valence-electron chi connectivity index (χ1n) is 9.22. The molecule has 2 atom stereocenters. The molecule has 26 heavy (non-hydrogen) atoms. The number of carbonyl (C=O) groups excluding carboxylic acids is 1. The molecule has 0 aromatic heterocycles. The molecule has 0 saturated carbocycles. The number of amides is 2. The maximum Gasteiger partial charge on any atom is 0.404 e. The van der Waals surface area contributed by atoms with E-state index in [1.54, 1.807) is 0 Å². The summed E-state index contributed by atoms with van der Waals surface area (Å²) in [5.74, 6) is 0.205. The number of piperidine rings is 1. The third-order valence-corrected chi connectivity index (χ3v) is 5.28. The Kier molecular flexibility index (Phi) is 7.72. The van der Waals surface area contributed by atoms with Gasteiger partial charge in [-0.3, -0.25) is 4.79 Å². The molecule has 1 aliphatic rings. The Labute approximate surface area is 159 Å². The zero-order chi connectivity index (χ0) is 19.0. The molecule has 1 saturated heterocycles. The number of halogens is 1. The van der Waals surface area contributed by atoms with Gasteiger partial charge in [-0.1, -0.05) is 30.7 Å². The summed E-state index contributed by atoms with van der Waals surface area (Å²) in [5.41, 5.74) is 0.418. The molecule has 2 unspecified atom stereocenters. The maximum atomic E-state index is 12.4. The normalized spacial score (nSPS) is 19.4. The van der Waals surface area contributed by atoms with Gasteiger partial charge in [0.2, 0.25) is 5.91 Å². The van der Waals surface area contributed by atoms with Crippen molar-refractivity contribution in [3.63, 3.8) is 0 Å². The van der Waals surface area contributed by atoms with Crippen molar-refractivity contribution >= 4 is 23.6 Å². The van der Waals surface area contributed by atoms with E-state index in [9.17, 15) is 9.59 Å². The van der Waals surface area contributed by atoms with Gasteiger partial charge in [-0.05, 0) is 55.8 Å². The summed E-state index contributed by atoms with van der Waals surface area (Å²) in [6, 6.07) is 7.64. The molecule has 1 heterocycles. The Balaban J connectivity index is 2.35. The lowest BCUT2D eigenvalue weighted by Gasteiger charge is -2.44. The van der Waals surface area contributed by atoms with Crippen molar-refractivity contribution < 1.29 is 14.7 Å². The summed E-state index contributed by atoms with van der Waals surface area (Å²) in [5, 5.41) is 18.6. The van der Waals surface area contributed by atoms with E-state index >= 15 is 0 Å². The van der Waals surface area contributed by atoms with Crippen LogP contribution in [0.4, 0.5) is 4.79 Å². The minimum atomic E-state index is -1.03. The number of carboxylic acid groups (broad SMARTS) is 1. The molecule has 144 valence electrons. The van der Waals surface area contributed by atoms with Crippen LogP contribution in [0.1, 0.15) is 44.6 Å². The van der Waals surface area contributed by atoms with E-state index in [0.29, 0.717) is 30.8 Å². The van der Waals surface area contributed by atoms with E-state index in [1.165, 1.54) is 0 Å². The third kappa shape index (κ3) is 5.35. The number of hydrogen-bond donors (Lipinski definition) is 4. The van der Waals surface area contributed by atoms with Gasteiger partial charge in [-0.15, -0.1) is 0 Å². The highest BCUT2D eigenvalue weighted by molar-refractivity contribution is 6.30. The fourth-order valence-electron chi connectivity index (χ4n) is 3.76. The molecule has 2 amide bonds. The van der Waals surface area contributed by atoms with Gasteiger partial charge in [0.05, 0.1) is 5.54 Å². The molecule has 1 aromatic rings. The van der Waals surface area contributed by atoms with Gasteiger partial charge in [0.25, 0.3) is 0 Å². The van der Waals surface area contributed by atoms with Crippen LogP contribution < -0.4 is 16.0 Å². The molecule has 0 aliphatic carbocycles. The molecule has 0 spiro atoms. The van der Waals surface area contributed by atoms with E-state index < -0.39 is 11.6 Å². The molecule has 6 nitrogen and oxygen atoms in total. The Morgan fingerprint density at radius 2 is 2.23 bits per heavy atom. The van der Waals surface area contributed by atoms with E-state index in [0.717, 1.165) is 31.5 Å². The molecule has 0 radical (unpaired) electrons. The number of carbonyl (C=O) groups is 2. The van der Waals surface area contributed by atoms with Gasteiger partial charge in [0.1, 0.15) is 0 Å². The van der Waals surface area contributed by atoms with Crippen LogP contribution in [0.2, 0.25) is 5.02 Å². The predicted molar refractivity (Wildman–Crippen MR) is 102 cm³/mol. The van der Waals surface area contributed by atoms with Crippen LogP contribution in [-0.2, 0) is 10.3 Å². The highest BCUT2D eigenvalue weighted by Crippen LogP contribution is 2.39. The quantitative estimate of drug-likeness (QED) is 0.521. The molecule has 4 N–H and O–H groups in total. The summed E-state index contributed by atoms with van der Waals surface area (Å²) < 4.78 is 0. The van der Waals surface area contributed by atoms with Crippen LogP contribution in [0.5, 0.6) is 0 Å². The number of benzene rings is 1. The minimum Gasteiger partial charge on any atom is -0.465 e. The fourth-order valence-corrected chi connectivity index (χ4v) is 3.95. The van der Waals surface area contributed by atoms with E-state index in [-0.39, 0.29) is 11.8 Å². The van der Waals surface area contributed by atoms with Gasteiger partial charge >= 0.3 is 6.09 Å². The van der Waals surface area contributed by atoms with Crippen molar-refractivity contribution in [2.24, 2.45) is 5.92 Å². The van der Waals surface area contributed by atoms with Crippen molar-refractivity contribution in [3.8, 4) is 0 Å². The monoisotopic (exact) mass is 381 g/mol. The molecule has 2 rings (SSSR count). The van der Waals surface area contributed by atoms with Crippen LogP contribution in [0.25, 0.3) is 0 Å². The lowest BCUT2D eigenvalue weighted by Crippen LogP contribution is -2.55. The van der Waals surface area contributed by atoms with Crippen molar-refractivity contribution in [1.29, 1.82) is 0 Å². The first-order chi connectivity index (χ1) is 12.5. The van der Waals surface area contributed by atoms with Crippen molar-refractivity contribution in [1.82, 2.24) is 16.0 Å². The molecule has 0 bridgehead atoms. The fraction of sp³-hybridized carbons (Fsp3) is 0.579. The predicted octanol–water partition coefficient (Wildman–Crippen LogP) is 3.11. The SMILES string of the molecule is CCC(=O)NC(CCCNC(=O)O)(c1cccc(Cl)c1)C1CCCNC1. The average molecular weight is 382 g/mol. The summed E-state index contributed by atoms with van der Waals surface area (Å²) >= 11 is 6.24. The topological polar surface area (TPSA) is 90.5 Å². The Hall–Kier alpha value is -1.79. The number of rotatable bonds is 8. The lowest BCUT2D eigenvalue weighted by molar-refractivity contribution is -0.124. The van der Waals surface area contributed by atoms with E-state index in [4.69, 9.17) is 16.7 Å². The Bertz CT molecular complexity index is 620. The second-order valence-electron chi connectivity index (χ2n) is 6.76. The standard InChI is InChI=1S/C19H28ClN3O3/c1-2-17(24)23-19(9-5-11-22-18(25)26,15-7-4-10-21-13-15)14-6-3-8-16(20)12-14/h3,6,8,12,15,21-22H,2,4-5,7,9-11,13H2,1H3,(H,23,24)(H,25,26). The van der Waals surface area contributed by atoms with Crippen molar-refractivity contribution in [3.05, 3.63) is 34.9 Å². The summed E-state index contributed by atoms with van der Waals surface area (Å²) in [7, 11) is 0. The van der Waals surface area contributed by atoms with Crippen molar-refractivity contribution in [2.75, 3.05) is 19.6 Å². The highest BCUT2D eigenvalue weighted by Gasteiger charge is 2.41. The van der Waals surface area contributed by atoms with E-state index in [2.05, 4.69) is 16.0 Å². The van der Waals surface area contributed by atoms with Crippen LogP contribution in [-0.4, -0.2) is 36.7 Å². The molecule has 1 aliphatic heterocycles. The van der Waals surface area contributed by atoms with Crippen LogP contribution in [0, 0.1) is 5.92 Å². The average Bonchev–Trinajstić information content (AvgIpc) is 2.64. The van der Waals surface area contributed by atoms with E-state index in [1.807, 2.05) is 31.2 Å². The third-order valence-electron chi connectivity index (χ3n) is 5.04.